The summed E-state index contributed by atoms with van der Waals surface area (Å²) in [6.07, 6.45) is 1.28. The van der Waals surface area contributed by atoms with Gasteiger partial charge in [0.15, 0.2) is 0 Å². The lowest BCUT2D eigenvalue weighted by molar-refractivity contribution is -0.385. The summed E-state index contributed by atoms with van der Waals surface area (Å²) in [6, 6.07) is 3.64. The predicted molar refractivity (Wildman–Crippen MR) is 72.9 cm³/mol. The molecule has 0 saturated heterocycles. The molecule has 21 heavy (non-hydrogen) atoms. The van der Waals surface area contributed by atoms with Gasteiger partial charge in [-0.25, -0.2) is 13.4 Å². The largest absolute Gasteiger partial charge is 0.269 e. The monoisotopic (exact) mass is 311 g/mol. The predicted octanol–water partition coefficient (Wildman–Crippen LogP) is 0.842. The van der Waals surface area contributed by atoms with E-state index in [1.807, 2.05) is 0 Å². The van der Waals surface area contributed by atoms with Crippen LogP contribution in [0.2, 0.25) is 0 Å². The molecular formula is C11H13N5O4S. The van der Waals surface area contributed by atoms with Gasteiger partial charge in [-0.3, -0.25) is 15.2 Å². The molecule has 1 N–H and O–H groups in total. The van der Waals surface area contributed by atoms with Gasteiger partial charge >= 0.3 is 0 Å². The number of non-ortho nitro benzene ring substituents is 1. The molecule has 112 valence electrons. The third-order valence-electron chi connectivity index (χ3n) is 2.89. The van der Waals surface area contributed by atoms with E-state index in [4.69, 9.17) is 0 Å². The lowest BCUT2D eigenvalue weighted by Gasteiger charge is -2.17. The van der Waals surface area contributed by atoms with Crippen LogP contribution in [0.4, 0.5) is 5.69 Å². The summed E-state index contributed by atoms with van der Waals surface area (Å²) in [4.78, 5) is 14.0. The van der Waals surface area contributed by atoms with E-state index in [0.717, 1.165) is 4.31 Å². The third-order valence-corrected chi connectivity index (χ3v) is 4.86. The number of H-pyrrole nitrogens is 1. The minimum atomic E-state index is -3.77. The van der Waals surface area contributed by atoms with Crippen molar-refractivity contribution in [2.75, 3.05) is 7.05 Å². The van der Waals surface area contributed by atoms with Crippen molar-refractivity contribution in [1.82, 2.24) is 19.5 Å². The van der Waals surface area contributed by atoms with E-state index in [-0.39, 0.29) is 17.1 Å². The van der Waals surface area contributed by atoms with E-state index >= 15 is 0 Å². The minimum Gasteiger partial charge on any atom is -0.262 e. The number of rotatable bonds is 5. The van der Waals surface area contributed by atoms with Crippen molar-refractivity contribution in [3.05, 3.63) is 46.0 Å². The van der Waals surface area contributed by atoms with Crippen LogP contribution in [0.1, 0.15) is 11.4 Å². The molecule has 1 aromatic carbocycles. The zero-order chi connectivity index (χ0) is 15.6. The number of sulfonamides is 1. The van der Waals surface area contributed by atoms with Crippen molar-refractivity contribution in [2.45, 2.75) is 18.4 Å². The lowest BCUT2D eigenvalue weighted by Crippen LogP contribution is -2.27. The van der Waals surface area contributed by atoms with E-state index < -0.39 is 14.9 Å². The number of aryl methyl sites for hydroxylation is 1. The van der Waals surface area contributed by atoms with E-state index in [1.165, 1.54) is 38.5 Å². The number of hydrogen-bond acceptors (Lipinski definition) is 6. The molecule has 0 amide bonds. The first-order chi connectivity index (χ1) is 9.82. The van der Waals surface area contributed by atoms with E-state index in [9.17, 15) is 18.5 Å². The summed E-state index contributed by atoms with van der Waals surface area (Å²) in [5.41, 5.74) is 0.165. The Kier molecular flexibility index (Phi) is 4.00. The number of hydrogen-bond donors (Lipinski definition) is 1. The topological polar surface area (TPSA) is 122 Å². The van der Waals surface area contributed by atoms with E-state index in [1.54, 1.807) is 0 Å². The number of aromatic amines is 1. The van der Waals surface area contributed by atoms with Gasteiger partial charge in [0.1, 0.15) is 12.2 Å². The van der Waals surface area contributed by atoms with Gasteiger partial charge in [-0.15, -0.1) is 0 Å². The molecule has 0 aliphatic heterocycles. The molecule has 0 bridgehead atoms. The highest BCUT2D eigenvalue weighted by Crippen LogP contribution is 2.23. The smallest absolute Gasteiger partial charge is 0.262 e. The van der Waals surface area contributed by atoms with Crippen LogP contribution in [0.3, 0.4) is 0 Å². The zero-order valence-electron chi connectivity index (χ0n) is 11.3. The van der Waals surface area contributed by atoms with Crippen molar-refractivity contribution in [2.24, 2.45) is 0 Å². The highest BCUT2D eigenvalue weighted by Gasteiger charge is 2.24. The summed E-state index contributed by atoms with van der Waals surface area (Å²) in [5.74, 6) is 0.403. The Morgan fingerprint density at radius 2 is 2.14 bits per heavy atom. The number of nitrogens with zero attached hydrogens (tertiary/aromatic N) is 4. The molecule has 1 aromatic heterocycles. The van der Waals surface area contributed by atoms with Crippen molar-refractivity contribution < 1.29 is 13.3 Å². The van der Waals surface area contributed by atoms with Crippen LogP contribution in [-0.2, 0) is 16.6 Å². The average molecular weight is 311 g/mol. The van der Waals surface area contributed by atoms with Crippen molar-refractivity contribution >= 4 is 15.7 Å². The molecule has 0 spiro atoms. The quantitative estimate of drug-likeness (QED) is 0.645. The first-order valence-corrected chi connectivity index (χ1v) is 7.32. The fourth-order valence-corrected chi connectivity index (χ4v) is 3.14. The van der Waals surface area contributed by atoms with Crippen LogP contribution in [0.15, 0.2) is 29.4 Å². The second kappa shape index (κ2) is 5.58. The Labute approximate surface area is 120 Å². The van der Waals surface area contributed by atoms with Crippen LogP contribution >= 0.6 is 0 Å². The van der Waals surface area contributed by atoms with Gasteiger partial charge in [-0.1, -0.05) is 0 Å². The van der Waals surface area contributed by atoms with Gasteiger partial charge in [0, 0.05) is 19.2 Å². The highest BCUT2D eigenvalue weighted by molar-refractivity contribution is 7.89. The van der Waals surface area contributed by atoms with E-state index in [2.05, 4.69) is 15.2 Å². The SMILES string of the molecule is Cc1cc([N+](=O)[O-])ccc1S(=O)(=O)N(C)Cc1ncn[nH]1. The summed E-state index contributed by atoms with van der Waals surface area (Å²) < 4.78 is 26.0. The molecule has 2 rings (SSSR count). The van der Waals surface area contributed by atoms with Gasteiger partial charge in [-0.05, 0) is 18.6 Å². The highest BCUT2D eigenvalue weighted by atomic mass is 32.2. The van der Waals surface area contributed by atoms with Crippen molar-refractivity contribution in [3.63, 3.8) is 0 Å². The van der Waals surface area contributed by atoms with Crippen molar-refractivity contribution in [3.8, 4) is 0 Å². The van der Waals surface area contributed by atoms with Gasteiger partial charge in [0.2, 0.25) is 10.0 Å². The van der Waals surface area contributed by atoms with Crippen LogP contribution in [0.5, 0.6) is 0 Å². The fraction of sp³-hybridized carbons (Fsp3) is 0.273. The molecule has 1 heterocycles. The molecule has 0 aliphatic rings. The Bertz CT molecular complexity index is 757. The zero-order valence-corrected chi connectivity index (χ0v) is 12.2. The molecule has 0 radical (unpaired) electrons. The summed E-state index contributed by atoms with van der Waals surface area (Å²) in [6.45, 7) is 1.54. The molecule has 0 fully saturated rings. The maximum atomic E-state index is 12.5. The number of nitro benzene ring substituents is 1. The molecule has 0 atom stereocenters. The number of benzene rings is 1. The third kappa shape index (κ3) is 3.06. The molecule has 0 aliphatic carbocycles. The van der Waals surface area contributed by atoms with Crippen LogP contribution in [0.25, 0.3) is 0 Å². The standard InChI is InChI=1S/C11H13N5O4S/c1-8-5-9(16(17)18)3-4-10(8)21(19,20)15(2)6-11-12-7-13-14-11/h3-5,7H,6H2,1-2H3,(H,12,13,14). The van der Waals surface area contributed by atoms with Crippen molar-refractivity contribution in [1.29, 1.82) is 0 Å². The molecule has 10 heteroatoms. The molecule has 0 saturated carbocycles. The number of aromatic nitrogens is 3. The lowest BCUT2D eigenvalue weighted by atomic mass is 10.2. The van der Waals surface area contributed by atoms with E-state index in [0.29, 0.717) is 11.4 Å². The molecular weight excluding hydrogens is 298 g/mol. The van der Waals surface area contributed by atoms with Crippen LogP contribution < -0.4 is 0 Å². The first kappa shape index (κ1) is 15.1. The fourth-order valence-electron chi connectivity index (χ4n) is 1.81. The van der Waals surface area contributed by atoms with Crippen LogP contribution in [0, 0.1) is 17.0 Å². The molecule has 0 unspecified atom stereocenters. The molecule has 2 aromatic rings. The maximum Gasteiger partial charge on any atom is 0.269 e. The Morgan fingerprint density at radius 3 is 2.67 bits per heavy atom. The normalized spacial score (nSPS) is 11.8. The summed E-state index contributed by atoms with van der Waals surface area (Å²) in [5, 5.41) is 16.9. The van der Waals surface area contributed by atoms with Gasteiger partial charge < -0.3 is 0 Å². The summed E-state index contributed by atoms with van der Waals surface area (Å²) >= 11 is 0. The minimum absolute atomic E-state index is 0.0233. The summed E-state index contributed by atoms with van der Waals surface area (Å²) in [7, 11) is -2.36. The van der Waals surface area contributed by atoms with Crippen LogP contribution in [-0.4, -0.2) is 39.9 Å². The second-order valence-corrected chi connectivity index (χ2v) is 6.41. The Morgan fingerprint density at radius 1 is 1.43 bits per heavy atom. The van der Waals surface area contributed by atoms with Gasteiger partial charge in [-0.2, -0.15) is 9.40 Å². The second-order valence-electron chi connectivity index (χ2n) is 4.40. The average Bonchev–Trinajstić information content (AvgIpc) is 2.90. The number of nitrogens with one attached hydrogen (secondary N) is 1. The Hall–Kier alpha value is -2.33. The maximum absolute atomic E-state index is 12.5. The van der Waals surface area contributed by atoms with Gasteiger partial charge in [0.25, 0.3) is 5.69 Å². The Balaban J connectivity index is 2.33. The first-order valence-electron chi connectivity index (χ1n) is 5.88. The number of nitro groups is 1. The van der Waals surface area contributed by atoms with Gasteiger partial charge in [0.05, 0.1) is 16.4 Å². The molecule has 9 nitrogen and oxygen atoms in total.